The molecule has 0 saturated carbocycles. The largest absolute Gasteiger partial charge is 0.330 e. The van der Waals surface area contributed by atoms with Crippen LogP contribution >= 0.6 is 0 Å². The van der Waals surface area contributed by atoms with Gasteiger partial charge in [-0.1, -0.05) is 65.8 Å². The van der Waals surface area contributed by atoms with E-state index in [4.69, 9.17) is 4.52 Å². The molecular formula is C15H10N2O2. The van der Waals surface area contributed by atoms with E-state index in [0.717, 1.165) is 5.56 Å². The number of carbonyl (C=O) groups is 1. The van der Waals surface area contributed by atoms with E-state index in [1.54, 1.807) is 24.3 Å². The lowest BCUT2D eigenvalue weighted by Gasteiger charge is -1.93. The SMILES string of the molecule is O=C(c1ccccc1)c1nc(-c2ccccc2)no1. The average Bonchev–Trinajstić information content (AvgIpc) is 2.98. The summed E-state index contributed by atoms with van der Waals surface area (Å²) in [6, 6.07) is 18.3. The third kappa shape index (κ3) is 2.28. The third-order valence-corrected chi connectivity index (χ3v) is 2.69. The zero-order valence-electron chi connectivity index (χ0n) is 9.98. The number of rotatable bonds is 3. The Bertz CT molecular complexity index is 690. The fourth-order valence-electron chi connectivity index (χ4n) is 1.73. The summed E-state index contributed by atoms with van der Waals surface area (Å²) in [5.74, 6) is 0.153. The van der Waals surface area contributed by atoms with Gasteiger partial charge in [0, 0.05) is 11.1 Å². The molecular weight excluding hydrogens is 240 g/mol. The minimum absolute atomic E-state index is 0.00468. The van der Waals surface area contributed by atoms with E-state index in [0.29, 0.717) is 11.4 Å². The molecule has 0 spiro atoms. The van der Waals surface area contributed by atoms with Gasteiger partial charge in [0.1, 0.15) is 0 Å². The number of ketones is 1. The summed E-state index contributed by atoms with van der Waals surface area (Å²) < 4.78 is 5.02. The maximum Gasteiger partial charge on any atom is 0.299 e. The summed E-state index contributed by atoms with van der Waals surface area (Å²) in [7, 11) is 0. The Labute approximate surface area is 109 Å². The number of hydrogen-bond donors (Lipinski definition) is 0. The second-order valence-electron chi connectivity index (χ2n) is 3.98. The molecule has 0 aliphatic carbocycles. The van der Waals surface area contributed by atoms with E-state index in [9.17, 15) is 4.79 Å². The maximum atomic E-state index is 12.1. The molecule has 0 N–H and O–H groups in total. The average molecular weight is 250 g/mol. The van der Waals surface area contributed by atoms with E-state index < -0.39 is 0 Å². The molecule has 4 nitrogen and oxygen atoms in total. The van der Waals surface area contributed by atoms with Gasteiger partial charge in [0.2, 0.25) is 5.82 Å². The minimum atomic E-state index is -0.268. The van der Waals surface area contributed by atoms with Gasteiger partial charge in [0.25, 0.3) is 11.7 Å². The molecule has 0 unspecified atom stereocenters. The monoisotopic (exact) mass is 250 g/mol. The summed E-state index contributed by atoms with van der Waals surface area (Å²) in [5, 5.41) is 3.83. The molecule has 2 aromatic carbocycles. The van der Waals surface area contributed by atoms with Crippen LogP contribution in [0.3, 0.4) is 0 Å². The van der Waals surface area contributed by atoms with Gasteiger partial charge in [0.15, 0.2) is 0 Å². The molecule has 0 aliphatic heterocycles. The van der Waals surface area contributed by atoms with Crippen LogP contribution in [0.5, 0.6) is 0 Å². The zero-order valence-corrected chi connectivity index (χ0v) is 9.98. The topological polar surface area (TPSA) is 56.0 Å². The van der Waals surface area contributed by atoms with Crippen molar-refractivity contribution in [1.82, 2.24) is 10.1 Å². The maximum absolute atomic E-state index is 12.1. The van der Waals surface area contributed by atoms with Crippen LogP contribution in [0.2, 0.25) is 0 Å². The van der Waals surface area contributed by atoms with Crippen molar-refractivity contribution in [2.24, 2.45) is 0 Å². The number of carbonyl (C=O) groups excluding carboxylic acids is 1. The van der Waals surface area contributed by atoms with Crippen molar-refractivity contribution < 1.29 is 9.32 Å². The van der Waals surface area contributed by atoms with Crippen LogP contribution in [0.15, 0.2) is 65.2 Å². The van der Waals surface area contributed by atoms with Crippen molar-refractivity contribution in [1.29, 1.82) is 0 Å². The van der Waals surface area contributed by atoms with E-state index in [2.05, 4.69) is 10.1 Å². The van der Waals surface area contributed by atoms with Crippen molar-refractivity contribution in [2.75, 3.05) is 0 Å². The minimum Gasteiger partial charge on any atom is -0.330 e. The molecule has 3 aromatic rings. The molecule has 4 heteroatoms. The highest BCUT2D eigenvalue weighted by molar-refractivity contribution is 6.05. The van der Waals surface area contributed by atoms with Crippen LogP contribution in [0, 0.1) is 0 Å². The molecule has 0 aliphatic rings. The van der Waals surface area contributed by atoms with Gasteiger partial charge in [-0.25, -0.2) is 0 Å². The lowest BCUT2D eigenvalue weighted by molar-refractivity contribution is 0.0994. The molecule has 1 aromatic heterocycles. The van der Waals surface area contributed by atoms with Crippen molar-refractivity contribution in [3.05, 3.63) is 72.1 Å². The normalized spacial score (nSPS) is 10.3. The van der Waals surface area contributed by atoms with Crippen molar-refractivity contribution >= 4 is 5.78 Å². The highest BCUT2D eigenvalue weighted by Crippen LogP contribution is 2.16. The molecule has 1 heterocycles. The predicted molar refractivity (Wildman–Crippen MR) is 69.6 cm³/mol. The third-order valence-electron chi connectivity index (χ3n) is 2.69. The summed E-state index contributed by atoms with van der Waals surface area (Å²) in [5.41, 5.74) is 1.35. The van der Waals surface area contributed by atoms with Crippen LogP contribution in [0.4, 0.5) is 0 Å². The predicted octanol–water partition coefficient (Wildman–Crippen LogP) is 2.97. The van der Waals surface area contributed by atoms with Crippen molar-refractivity contribution in [3.8, 4) is 11.4 Å². The van der Waals surface area contributed by atoms with Crippen molar-refractivity contribution in [2.45, 2.75) is 0 Å². The Morgan fingerprint density at radius 2 is 1.53 bits per heavy atom. The Morgan fingerprint density at radius 3 is 2.21 bits per heavy atom. The number of hydrogen-bond acceptors (Lipinski definition) is 4. The fourth-order valence-corrected chi connectivity index (χ4v) is 1.73. The molecule has 19 heavy (non-hydrogen) atoms. The van der Waals surface area contributed by atoms with E-state index in [1.807, 2.05) is 36.4 Å². The Morgan fingerprint density at radius 1 is 0.895 bits per heavy atom. The Hall–Kier alpha value is -2.75. The second kappa shape index (κ2) is 4.86. The zero-order chi connectivity index (χ0) is 13.1. The van der Waals surface area contributed by atoms with Gasteiger partial charge < -0.3 is 4.52 Å². The fraction of sp³-hybridized carbons (Fsp3) is 0. The highest BCUT2D eigenvalue weighted by atomic mass is 16.5. The summed E-state index contributed by atoms with van der Waals surface area (Å²) >= 11 is 0. The van der Waals surface area contributed by atoms with Crippen molar-refractivity contribution in [3.63, 3.8) is 0 Å². The molecule has 0 radical (unpaired) electrons. The molecule has 92 valence electrons. The van der Waals surface area contributed by atoms with Crippen LogP contribution in [-0.4, -0.2) is 15.9 Å². The van der Waals surface area contributed by atoms with E-state index in [1.165, 1.54) is 0 Å². The quantitative estimate of drug-likeness (QED) is 0.670. The molecule has 0 saturated heterocycles. The smallest absolute Gasteiger partial charge is 0.299 e. The first-order valence-electron chi connectivity index (χ1n) is 5.83. The molecule has 0 fully saturated rings. The molecule has 0 bridgehead atoms. The lowest BCUT2D eigenvalue weighted by Crippen LogP contribution is -2.01. The van der Waals surface area contributed by atoms with Crippen LogP contribution in [-0.2, 0) is 0 Å². The first-order chi connectivity index (χ1) is 9.34. The summed E-state index contributed by atoms with van der Waals surface area (Å²) in [6.07, 6.45) is 0. The molecule has 0 atom stereocenters. The van der Waals surface area contributed by atoms with Gasteiger partial charge in [-0.3, -0.25) is 4.79 Å². The second-order valence-corrected chi connectivity index (χ2v) is 3.98. The summed E-state index contributed by atoms with van der Waals surface area (Å²) in [4.78, 5) is 16.2. The summed E-state index contributed by atoms with van der Waals surface area (Å²) in [6.45, 7) is 0. The van der Waals surface area contributed by atoms with Crippen LogP contribution in [0.25, 0.3) is 11.4 Å². The van der Waals surface area contributed by atoms with E-state index >= 15 is 0 Å². The molecule has 0 amide bonds. The number of benzene rings is 2. The van der Waals surface area contributed by atoms with E-state index in [-0.39, 0.29) is 11.7 Å². The van der Waals surface area contributed by atoms with Crippen LogP contribution in [0.1, 0.15) is 16.2 Å². The first kappa shape index (κ1) is 11.3. The Balaban J connectivity index is 1.92. The first-order valence-corrected chi connectivity index (χ1v) is 5.83. The van der Waals surface area contributed by atoms with Gasteiger partial charge >= 0.3 is 0 Å². The molecule has 3 rings (SSSR count). The number of aromatic nitrogens is 2. The highest BCUT2D eigenvalue weighted by Gasteiger charge is 2.17. The van der Waals surface area contributed by atoms with Crippen LogP contribution < -0.4 is 0 Å². The van der Waals surface area contributed by atoms with Gasteiger partial charge in [-0.2, -0.15) is 4.98 Å². The lowest BCUT2D eigenvalue weighted by atomic mass is 10.1. The van der Waals surface area contributed by atoms with Gasteiger partial charge in [-0.15, -0.1) is 0 Å². The Kier molecular flexibility index (Phi) is 2.90. The van der Waals surface area contributed by atoms with Gasteiger partial charge in [0.05, 0.1) is 0 Å². The van der Waals surface area contributed by atoms with Gasteiger partial charge in [-0.05, 0) is 0 Å². The number of nitrogens with zero attached hydrogens (tertiary/aromatic N) is 2. The standard InChI is InChI=1S/C15H10N2O2/c18-13(11-7-3-1-4-8-11)15-16-14(17-19-15)12-9-5-2-6-10-12/h1-10H.